The summed E-state index contributed by atoms with van der Waals surface area (Å²) in [5.41, 5.74) is 1.14. The van der Waals surface area contributed by atoms with E-state index in [-0.39, 0.29) is 6.10 Å². The van der Waals surface area contributed by atoms with Crippen LogP contribution in [0.1, 0.15) is 25.3 Å². The molecule has 0 saturated carbocycles. The van der Waals surface area contributed by atoms with Crippen LogP contribution in [0.5, 0.6) is 11.5 Å². The number of ether oxygens (including phenoxy) is 2. The molecule has 0 atom stereocenters. The smallest absolute Gasteiger partial charge is 0.193 e. The van der Waals surface area contributed by atoms with Crippen LogP contribution in [0.2, 0.25) is 0 Å². The van der Waals surface area contributed by atoms with Crippen molar-refractivity contribution in [2.75, 3.05) is 26.7 Å². The molecule has 1 heterocycles. The van der Waals surface area contributed by atoms with Crippen molar-refractivity contribution in [1.82, 2.24) is 10.2 Å². The van der Waals surface area contributed by atoms with Gasteiger partial charge < -0.3 is 19.7 Å². The Hall–Kier alpha value is -2.69. The highest BCUT2D eigenvalue weighted by atomic mass is 16.5. The van der Waals surface area contributed by atoms with E-state index in [0.717, 1.165) is 49.0 Å². The first-order valence-corrected chi connectivity index (χ1v) is 9.68. The van der Waals surface area contributed by atoms with E-state index in [1.54, 1.807) is 0 Å². The van der Waals surface area contributed by atoms with Crippen LogP contribution in [0.4, 0.5) is 0 Å². The van der Waals surface area contributed by atoms with Gasteiger partial charge in [0.15, 0.2) is 5.96 Å². The van der Waals surface area contributed by atoms with Crippen LogP contribution in [-0.2, 0) is 6.54 Å². The molecule has 0 aliphatic carbocycles. The lowest BCUT2D eigenvalue weighted by Crippen LogP contribution is -2.47. The lowest BCUT2D eigenvalue weighted by Gasteiger charge is -2.34. The number of piperidine rings is 1. The highest BCUT2D eigenvalue weighted by Crippen LogP contribution is 2.20. The Kier molecular flexibility index (Phi) is 6.97. The van der Waals surface area contributed by atoms with Gasteiger partial charge in [-0.3, -0.25) is 4.99 Å². The molecule has 1 fully saturated rings. The van der Waals surface area contributed by atoms with Gasteiger partial charge in [-0.15, -0.1) is 0 Å². The van der Waals surface area contributed by atoms with E-state index in [1.165, 1.54) is 0 Å². The molecule has 0 unspecified atom stereocenters. The van der Waals surface area contributed by atoms with E-state index in [2.05, 4.69) is 21.3 Å². The van der Waals surface area contributed by atoms with Gasteiger partial charge in [0, 0.05) is 45.1 Å². The molecule has 0 aromatic heterocycles. The van der Waals surface area contributed by atoms with Gasteiger partial charge in [-0.1, -0.05) is 36.4 Å². The second-order valence-corrected chi connectivity index (χ2v) is 6.56. The SMILES string of the molecule is CCOc1ccccc1CNC(=NC)N1CCC(Oc2ccccc2)CC1. The number of guanidine groups is 1. The largest absolute Gasteiger partial charge is 0.494 e. The van der Waals surface area contributed by atoms with E-state index in [4.69, 9.17) is 9.47 Å². The van der Waals surface area contributed by atoms with Gasteiger partial charge in [-0.05, 0) is 25.1 Å². The van der Waals surface area contributed by atoms with E-state index in [0.29, 0.717) is 13.2 Å². The first-order valence-electron chi connectivity index (χ1n) is 9.68. The van der Waals surface area contributed by atoms with Crippen molar-refractivity contribution in [2.45, 2.75) is 32.4 Å². The molecule has 27 heavy (non-hydrogen) atoms. The van der Waals surface area contributed by atoms with Crippen molar-refractivity contribution in [3.8, 4) is 11.5 Å². The van der Waals surface area contributed by atoms with Gasteiger partial charge in [0.05, 0.1) is 6.61 Å². The molecule has 5 heteroatoms. The number of hydrogen-bond donors (Lipinski definition) is 1. The Labute approximate surface area is 162 Å². The zero-order valence-electron chi connectivity index (χ0n) is 16.2. The van der Waals surface area contributed by atoms with Crippen molar-refractivity contribution in [3.63, 3.8) is 0 Å². The van der Waals surface area contributed by atoms with Crippen LogP contribution in [0.25, 0.3) is 0 Å². The normalized spacial score (nSPS) is 15.5. The molecule has 5 nitrogen and oxygen atoms in total. The van der Waals surface area contributed by atoms with Crippen LogP contribution in [0, 0.1) is 0 Å². The van der Waals surface area contributed by atoms with Crippen molar-refractivity contribution >= 4 is 5.96 Å². The van der Waals surface area contributed by atoms with Crippen LogP contribution in [0.15, 0.2) is 59.6 Å². The third-order valence-electron chi connectivity index (χ3n) is 4.71. The zero-order valence-corrected chi connectivity index (χ0v) is 16.2. The molecule has 2 aromatic rings. The van der Waals surface area contributed by atoms with Crippen LogP contribution < -0.4 is 14.8 Å². The molecule has 0 amide bonds. The maximum atomic E-state index is 6.09. The van der Waals surface area contributed by atoms with E-state index >= 15 is 0 Å². The standard InChI is InChI=1S/C22H29N3O2/c1-3-26-21-12-8-7-9-18(21)17-24-22(23-2)25-15-13-20(14-16-25)27-19-10-5-4-6-11-19/h4-12,20H,3,13-17H2,1-2H3,(H,23,24). The summed E-state index contributed by atoms with van der Waals surface area (Å²) in [6.07, 6.45) is 2.25. The number of hydrogen-bond acceptors (Lipinski definition) is 3. The summed E-state index contributed by atoms with van der Waals surface area (Å²) in [5.74, 6) is 2.81. The Morgan fingerprint density at radius 3 is 2.48 bits per heavy atom. The quantitative estimate of drug-likeness (QED) is 0.625. The van der Waals surface area contributed by atoms with Crippen molar-refractivity contribution < 1.29 is 9.47 Å². The van der Waals surface area contributed by atoms with Crippen LogP contribution in [-0.4, -0.2) is 43.7 Å². The minimum atomic E-state index is 0.264. The molecule has 1 aliphatic heterocycles. The number of benzene rings is 2. The number of likely N-dealkylation sites (tertiary alicyclic amines) is 1. The van der Waals surface area contributed by atoms with Gasteiger partial charge in [-0.25, -0.2) is 0 Å². The maximum Gasteiger partial charge on any atom is 0.193 e. The topological polar surface area (TPSA) is 46.1 Å². The van der Waals surface area contributed by atoms with Gasteiger partial charge >= 0.3 is 0 Å². The second-order valence-electron chi connectivity index (χ2n) is 6.56. The summed E-state index contributed by atoms with van der Waals surface area (Å²) in [6, 6.07) is 18.2. The van der Waals surface area contributed by atoms with E-state index in [1.807, 2.05) is 62.5 Å². The summed E-state index contributed by atoms with van der Waals surface area (Å²) < 4.78 is 11.8. The molecule has 1 N–H and O–H groups in total. The lowest BCUT2D eigenvalue weighted by molar-refractivity contribution is 0.129. The van der Waals surface area contributed by atoms with E-state index in [9.17, 15) is 0 Å². The van der Waals surface area contributed by atoms with Crippen LogP contribution in [0.3, 0.4) is 0 Å². The highest BCUT2D eigenvalue weighted by molar-refractivity contribution is 5.80. The van der Waals surface area contributed by atoms with Crippen molar-refractivity contribution in [2.24, 2.45) is 4.99 Å². The molecule has 0 radical (unpaired) electrons. The number of nitrogens with one attached hydrogen (secondary N) is 1. The summed E-state index contributed by atoms with van der Waals surface area (Å²) in [4.78, 5) is 6.76. The van der Waals surface area contributed by atoms with E-state index < -0.39 is 0 Å². The molecular formula is C22H29N3O2. The fraction of sp³-hybridized carbons (Fsp3) is 0.409. The highest BCUT2D eigenvalue weighted by Gasteiger charge is 2.22. The Morgan fingerprint density at radius 2 is 1.78 bits per heavy atom. The average Bonchev–Trinajstić information content (AvgIpc) is 2.72. The predicted octanol–water partition coefficient (Wildman–Crippen LogP) is 3.70. The molecule has 144 valence electrons. The number of aliphatic imine (C=N–C) groups is 1. The molecule has 0 spiro atoms. The Bertz CT molecular complexity index is 725. The molecule has 3 rings (SSSR count). The first kappa shape index (κ1) is 19.1. The third kappa shape index (κ3) is 5.39. The Balaban J connectivity index is 1.51. The number of nitrogens with zero attached hydrogens (tertiary/aromatic N) is 2. The monoisotopic (exact) mass is 367 g/mol. The Morgan fingerprint density at radius 1 is 1.07 bits per heavy atom. The maximum absolute atomic E-state index is 6.09. The zero-order chi connectivity index (χ0) is 18.9. The van der Waals surface area contributed by atoms with Gasteiger partial charge in [0.2, 0.25) is 0 Å². The fourth-order valence-electron chi connectivity index (χ4n) is 3.33. The summed E-state index contributed by atoms with van der Waals surface area (Å²) in [6.45, 7) is 5.24. The van der Waals surface area contributed by atoms with Gasteiger partial charge in [-0.2, -0.15) is 0 Å². The average molecular weight is 367 g/mol. The molecule has 2 aromatic carbocycles. The third-order valence-corrected chi connectivity index (χ3v) is 4.71. The summed E-state index contributed by atoms with van der Waals surface area (Å²) >= 11 is 0. The first-order chi connectivity index (χ1) is 13.3. The van der Waals surface area contributed by atoms with Crippen molar-refractivity contribution in [1.29, 1.82) is 0 Å². The minimum Gasteiger partial charge on any atom is -0.494 e. The predicted molar refractivity (Wildman–Crippen MR) is 109 cm³/mol. The van der Waals surface area contributed by atoms with Gasteiger partial charge in [0.25, 0.3) is 0 Å². The van der Waals surface area contributed by atoms with Crippen molar-refractivity contribution in [3.05, 3.63) is 60.2 Å². The fourth-order valence-corrected chi connectivity index (χ4v) is 3.33. The molecular weight excluding hydrogens is 338 g/mol. The van der Waals surface area contributed by atoms with Gasteiger partial charge in [0.1, 0.15) is 17.6 Å². The summed E-state index contributed by atoms with van der Waals surface area (Å²) in [7, 11) is 1.84. The molecule has 1 aliphatic rings. The summed E-state index contributed by atoms with van der Waals surface area (Å²) in [5, 5.41) is 3.47. The number of para-hydroxylation sites is 2. The lowest BCUT2D eigenvalue weighted by atomic mass is 10.1. The number of rotatable bonds is 6. The van der Waals surface area contributed by atoms with Crippen LogP contribution >= 0.6 is 0 Å². The molecule has 0 bridgehead atoms. The molecule has 1 saturated heterocycles. The minimum absolute atomic E-state index is 0.264. The second kappa shape index (κ2) is 9.86.